The molecule has 0 atom stereocenters. The third-order valence-electron chi connectivity index (χ3n) is 3.06. The van der Waals surface area contributed by atoms with Gasteiger partial charge in [0, 0.05) is 25.5 Å². The smallest absolute Gasteiger partial charge is 0.0598 e. The number of hydrogen-bond acceptors (Lipinski definition) is 3. The molecule has 0 saturated heterocycles. The summed E-state index contributed by atoms with van der Waals surface area (Å²) < 4.78 is 0. The SMILES string of the molecule is CCNCc1ccc(CN(C)c2ccccc2)nc1. The lowest BCUT2D eigenvalue weighted by atomic mass is 10.2. The van der Waals surface area contributed by atoms with E-state index in [1.165, 1.54) is 11.3 Å². The zero-order valence-electron chi connectivity index (χ0n) is 11.6. The van der Waals surface area contributed by atoms with Gasteiger partial charge in [-0.3, -0.25) is 4.98 Å². The van der Waals surface area contributed by atoms with Crippen molar-refractivity contribution in [2.75, 3.05) is 18.5 Å². The Morgan fingerprint density at radius 3 is 2.53 bits per heavy atom. The molecule has 0 aliphatic heterocycles. The molecule has 1 N–H and O–H groups in total. The average Bonchev–Trinajstić information content (AvgIpc) is 2.47. The quantitative estimate of drug-likeness (QED) is 0.860. The van der Waals surface area contributed by atoms with Crippen LogP contribution in [0.3, 0.4) is 0 Å². The minimum Gasteiger partial charge on any atom is -0.369 e. The lowest BCUT2D eigenvalue weighted by Crippen LogP contribution is -2.17. The molecule has 2 rings (SSSR count). The van der Waals surface area contributed by atoms with Crippen LogP contribution in [0.2, 0.25) is 0 Å². The Bertz CT molecular complexity index is 479. The highest BCUT2D eigenvalue weighted by Gasteiger charge is 2.02. The molecular weight excluding hydrogens is 234 g/mol. The van der Waals surface area contributed by atoms with Crippen LogP contribution in [-0.4, -0.2) is 18.6 Å². The Labute approximate surface area is 115 Å². The van der Waals surface area contributed by atoms with Crippen LogP contribution >= 0.6 is 0 Å². The third kappa shape index (κ3) is 4.07. The lowest BCUT2D eigenvalue weighted by molar-refractivity contribution is 0.722. The van der Waals surface area contributed by atoms with Crippen molar-refractivity contribution in [3.63, 3.8) is 0 Å². The Hall–Kier alpha value is -1.87. The van der Waals surface area contributed by atoms with Crippen LogP contribution < -0.4 is 10.2 Å². The summed E-state index contributed by atoms with van der Waals surface area (Å²) in [7, 11) is 2.09. The van der Waals surface area contributed by atoms with E-state index in [1.807, 2.05) is 12.3 Å². The Kier molecular flexibility index (Phi) is 4.93. The fourth-order valence-electron chi connectivity index (χ4n) is 1.94. The van der Waals surface area contributed by atoms with E-state index < -0.39 is 0 Å². The van der Waals surface area contributed by atoms with Gasteiger partial charge in [0.1, 0.15) is 0 Å². The monoisotopic (exact) mass is 255 g/mol. The predicted molar refractivity (Wildman–Crippen MR) is 80.2 cm³/mol. The molecule has 1 aromatic carbocycles. The average molecular weight is 255 g/mol. The standard InChI is InChI=1S/C16H21N3/c1-3-17-11-14-9-10-15(18-12-14)13-19(2)16-7-5-4-6-8-16/h4-10,12,17H,3,11,13H2,1-2H3. The summed E-state index contributed by atoms with van der Waals surface area (Å²) in [6.07, 6.45) is 1.96. The van der Waals surface area contributed by atoms with Gasteiger partial charge >= 0.3 is 0 Å². The normalized spacial score (nSPS) is 10.4. The highest BCUT2D eigenvalue weighted by atomic mass is 15.1. The van der Waals surface area contributed by atoms with Crippen LogP contribution in [0, 0.1) is 0 Å². The van der Waals surface area contributed by atoms with Gasteiger partial charge in [0.05, 0.1) is 12.2 Å². The van der Waals surface area contributed by atoms with E-state index in [0.717, 1.165) is 25.3 Å². The zero-order valence-corrected chi connectivity index (χ0v) is 11.6. The summed E-state index contributed by atoms with van der Waals surface area (Å²) in [5, 5.41) is 3.30. The molecule has 0 radical (unpaired) electrons. The maximum atomic E-state index is 4.52. The first-order chi connectivity index (χ1) is 9.29. The highest BCUT2D eigenvalue weighted by Crippen LogP contribution is 2.13. The molecule has 19 heavy (non-hydrogen) atoms. The summed E-state index contributed by atoms with van der Waals surface area (Å²) in [5.74, 6) is 0. The second-order valence-electron chi connectivity index (χ2n) is 4.63. The van der Waals surface area contributed by atoms with Gasteiger partial charge in [0.15, 0.2) is 0 Å². The Morgan fingerprint density at radius 2 is 1.89 bits per heavy atom. The molecule has 0 amide bonds. The molecule has 0 spiro atoms. The first-order valence-corrected chi connectivity index (χ1v) is 6.70. The molecule has 0 fully saturated rings. The van der Waals surface area contributed by atoms with Gasteiger partial charge in [0.25, 0.3) is 0 Å². The van der Waals surface area contributed by atoms with E-state index in [4.69, 9.17) is 0 Å². The van der Waals surface area contributed by atoms with Crippen LogP contribution in [0.25, 0.3) is 0 Å². The van der Waals surface area contributed by atoms with Crippen LogP contribution in [0.5, 0.6) is 0 Å². The maximum absolute atomic E-state index is 4.52. The predicted octanol–water partition coefficient (Wildman–Crippen LogP) is 2.83. The first kappa shape index (κ1) is 13.6. The van der Waals surface area contributed by atoms with Crippen molar-refractivity contribution in [2.24, 2.45) is 0 Å². The number of nitrogens with zero attached hydrogens (tertiary/aromatic N) is 2. The lowest BCUT2D eigenvalue weighted by Gasteiger charge is -2.18. The molecule has 2 aromatic rings. The molecular formula is C16H21N3. The minimum absolute atomic E-state index is 0.825. The van der Waals surface area contributed by atoms with Gasteiger partial charge in [-0.15, -0.1) is 0 Å². The topological polar surface area (TPSA) is 28.2 Å². The molecule has 100 valence electrons. The number of nitrogens with one attached hydrogen (secondary N) is 1. The van der Waals surface area contributed by atoms with Gasteiger partial charge in [-0.05, 0) is 30.3 Å². The maximum Gasteiger partial charge on any atom is 0.0598 e. The van der Waals surface area contributed by atoms with Gasteiger partial charge < -0.3 is 10.2 Å². The van der Waals surface area contributed by atoms with Crippen molar-refractivity contribution in [1.82, 2.24) is 10.3 Å². The molecule has 3 nitrogen and oxygen atoms in total. The number of anilines is 1. The summed E-state index contributed by atoms with van der Waals surface area (Å²) in [5.41, 5.74) is 3.53. The summed E-state index contributed by atoms with van der Waals surface area (Å²) in [6.45, 7) is 4.80. The van der Waals surface area contributed by atoms with Crippen LogP contribution in [0.4, 0.5) is 5.69 Å². The van der Waals surface area contributed by atoms with Crippen LogP contribution in [-0.2, 0) is 13.1 Å². The van der Waals surface area contributed by atoms with Crippen LogP contribution in [0.15, 0.2) is 48.7 Å². The molecule has 0 aliphatic rings. The second-order valence-corrected chi connectivity index (χ2v) is 4.63. The van der Waals surface area contributed by atoms with Crippen molar-refractivity contribution in [3.05, 3.63) is 59.9 Å². The van der Waals surface area contributed by atoms with Gasteiger partial charge in [-0.1, -0.05) is 31.2 Å². The number of hydrogen-bond donors (Lipinski definition) is 1. The van der Waals surface area contributed by atoms with Crippen LogP contribution in [0.1, 0.15) is 18.2 Å². The molecule has 1 heterocycles. The fourth-order valence-corrected chi connectivity index (χ4v) is 1.94. The highest BCUT2D eigenvalue weighted by molar-refractivity contribution is 5.45. The molecule has 0 saturated carbocycles. The van der Waals surface area contributed by atoms with E-state index in [2.05, 4.69) is 65.6 Å². The second kappa shape index (κ2) is 6.90. The Morgan fingerprint density at radius 1 is 1.11 bits per heavy atom. The molecule has 0 aliphatic carbocycles. The fraction of sp³-hybridized carbons (Fsp3) is 0.312. The van der Waals surface area contributed by atoms with Crippen molar-refractivity contribution in [1.29, 1.82) is 0 Å². The van der Waals surface area contributed by atoms with Crippen molar-refractivity contribution < 1.29 is 0 Å². The van der Waals surface area contributed by atoms with Crippen molar-refractivity contribution >= 4 is 5.69 Å². The number of rotatable bonds is 6. The first-order valence-electron chi connectivity index (χ1n) is 6.70. The van der Waals surface area contributed by atoms with Gasteiger partial charge in [-0.25, -0.2) is 0 Å². The van der Waals surface area contributed by atoms with Gasteiger partial charge in [0.2, 0.25) is 0 Å². The number of benzene rings is 1. The molecule has 0 bridgehead atoms. The number of aromatic nitrogens is 1. The zero-order chi connectivity index (χ0) is 13.5. The molecule has 1 aromatic heterocycles. The molecule has 3 heteroatoms. The minimum atomic E-state index is 0.825. The summed E-state index contributed by atoms with van der Waals surface area (Å²) in [4.78, 5) is 6.72. The molecule has 0 unspecified atom stereocenters. The van der Waals surface area contributed by atoms with Crippen molar-refractivity contribution in [3.8, 4) is 0 Å². The Balaban J connectivity index is 1.96. The summed E-state index contributed by atoms with van der Waals surface area (Å²) in [6, 6.07) is 14.6. The summed E-state index contributed by atoms with van der Waals surface area (Å²) >= 11 is 0. The number of para-hydroxylation sites is 1. The van der Waals surface area contributed by atoms with E-state index >= 15 is 0 Å². The number of pyridine rings is 1. The largest absolute Gasteiger partial charge is 0.369 e. The van der Waals surface area contributed by atoms with Crippen molar-refractivity contribution in [2.45, 2.75) is 20.0 Å². The van der Waals surface area contributed by atoms with Gasteiger partial charge in [-0.2, -0.15) is 0 Å². The van der Waals surface area contributed by atoms with E-state index in [-0.39, 0.29) is 0 Å². The van der Waals surface area contributed by atoms with E-state index in [9.17, 15) is 0 Å². The van der Waals surface area contributed by atoms with E-state index in [0.29, 0.717) is 0 Å². The third-order valence-corrected chi connectivity index (χ3v) is 3.06. The van der Waals surface area contributed by atoms with E-state index in [1.54, 1.807) is 0 Å².